The molecule has 0 spiro atoms. The molecule has 0 heterocycles. The zero-order chi connectivity index (χ0) is 13.2. The van der Waals surface area contributed by atoms with Crippen LogP contribution in [0.2, 0.25) is 0 Å². The Labute approximate surface area is 111 Å². The van der Waals surface area contributed by atoms with Crippen molar-refractivity contribution in [2.45, 2.75) is 77.7 Å². The summed E-state index contributed by atoms with van der Waals surface area (Å²) < 4.78 is 6.03. The molecule has 0 N–H and O–H groups in total. The minimum Gasteiger partial charge on any atom is -0.454 e. The number of carbonyl (C=O) groups excluding carboxylic acids is 1. The van der Waals surface area contributed by atoms with E-state index in [-0.39, 0.29) is 17.0 Å². The van der Waals surface area contributed by atoms with Crippen LogP contribution < -0.4 is 0 Å². The van der Waals surface area contributed by atoms with Gasteiger partial charge in [0.1, 0.15) is 5.60 Å². The third-order valence-corrected chi connectivity index (χ3v) is 4.76. The summed E-state index contributed by atoms with van der Waals surface area (Å²) in [6.45, 7) is 6.03. The van der Waals surface area contributed by atoms with E-state index in [2.05, 4.69) is 13.0 Å². The summed E-state index contributed by atoms with van der Waals surface area (Å²) in [7, 11) is 0. The van der Waals surface area contributed by atoms with Gasteiger partial charge < -0.3 is 4.74 Å². The van der Waals surface area contributed by atoms with Crippen molar-refractivity contribution in [3.05, 3.63) is 11.6 Å². The van der Waals surface area contributed by atoms with Crippen LogP contribution in [0.25, 0.3) is 0 Å². The van der Waals surface area contributed by atoms with Crippen LogP contribution in [0.4, 0.5) is 0 Å². The molecule has 0 aromatic rings. The molecule has 0 aliphatic heterocycles. The summed E-state index contributed by atoms with van der Waals surface area (Å²) in [5.74, 6) is -0.0142. The van der Waals surface area contributed by atoms with Crippen molar-refractivity contribution in [2.24, 2.45) is 5.41 Å². The summed E-state index contributed by atoms with van der Waals surface area (Å²) in [6, 6.07) is 0. The standard InChI is InChI=1S/C16H26O2/c1-4-15(2,3)14(17)18-16(11-7-8-12-16)13-9-5-6-10-13/h9H,4-8,10-12H2,1-3H3. The average Bonchev–Trinajstić information content (AvgIpc) is 2.99. The molecule has 0 unspecified atom stereocenters. The lowest BCUT2D eigenvalue weighted by atomic mass is 9.87. The van der Waals surface area contributed by atoms with Crippen LogP contribution in [0.1, 0.15) is 72.1 Å². The van der Waals surface area contributed by atoms with Crippen LogP contribution in [-0.4, -0.2) is 11.6 Å². The van der Waals surface area contributed by atoms with Gasteiger partial charge in [-0.2, -0.15) is 0 Å². The van der Waals surface area contributed by atoms with Gasteiger partial charge in [-0.3, -0.25) is 4.79 Å². The number of carbonyl (C=O) groups is 1. The van der Waals surface area contributed by atoms with E-state index in [4.69, 9.17) is 4.74 Å². The fourth-order valence-corrected chi connectivity index (χ4v) is 2.98. The van der Waals surface area contributed by atoms with Crippen molar-refractivity contribution in [3.8, 4) is 0 Å². The van der Waals surface area contributed by atoms with Crippen LogP contribution in [0.15, 0.2) is 11.6 Å². The Bertz CT molecular complexity index is 346. The predicted molar refractivity (Wildman–Crippen MR) is 73.3 cm³/mol. The lowest BCUT2D eigenvalue weighted by Gasteiger charge is -2.34. The highest BCUT2D eigenvalue weighted by Crippen LogP contribution is 2.44. The molecule has 2 aliphatic carbocycles. The van der Waals surface area contributed by atoms with Crippen LogP contribution in [-0.2, 0) is 9.53 Å². The molecule has 2 nitrogen and oxygen atoms in total. The Hall–Kier alpha value is -0.790. The van der Waals surface area contributed by atoms with Crippen molar-refractivity contribution in [3.63, 3.8) is 0 Å². The van der Waals surface area contributed by atoms with Gasteiger partial charge in [0.05, 0.1) is 5.41 Å². The van der Waals surface area contributed by atoms with Crippen molar-refractivity contribution >= 4 is 5.97 Å². The second kappa shape index (κ2) is 5.07. The molecule has 0 aromatic heterocycles. The Morgan fingerprint density at radius 2 is 2.00 bits per heavy atom. The normalized spacial score (nSPS) is 22.9. The quantitative estimate of drug-likeness (QED) is 0.546. The molecule has 1 fully saturated rings. The molecule has 1 saturated carbocycles. The fourth-order valence-electron chi connectivity index (χ4n) is 2.98. The molecule has 2 rings (SSSR count). The molecule has 2 aliphatic rings. The second-order valence-electron chi connectivity index (χ2n) is 6.45. The lowest BCUT2D eigenvalue weighted by molar-refractivity contribution is -0.166. The first-order valence-electron chi connectivity index (χ1n) is 7.43. The average molecular weight is 250 g/mol. The first kappa shape index (κ1) is 13.6. The first-order chi connectivity index (χ1) is 8.50. The third kappa shape index (κ3) is 2.48. The monoisotopic (exact) mass is 250 g/mol. The van der Waals surface area contributed by atoms with Gasteiger partial charge in [-0.1, -0.05) is 13.0 Å². The van der Waals surface area contributed by atoms with E-state index >= 15 is 0 Å². The third-order valence-electron chi connectivity index (χ3n) is 4.76. The smallest absolute Gasteiger partial charge is 0.312 e. The minimum atomic E-state index is -0.352. The van der Waals surface area contributed by atoms with Crippen LogP contribution in [0.3, 0.4) is 0 Å². The molecule has 0 radical (unpaired) electrons. The second-order valence-corrected chi connectivity index (χ2v) is 6.45. The predicted octanol–water partition coefficient (Wildman–Crippen LogP) is 4.39. The maximum absolute atomic E-state index is 12.4. The van der Waals surface area contributed by atoms with Gasteiger partial charge in [0.25, 0.3) is 0 Å². The molecular formula is C16H26O2. The van der Waals surface area contributed by atoms with Crippen molar-refractivity contribution in [2.75, 3.05) is 0 Å². The number of allylic oxidation sites excluding steroid dienone is 1. The Morgan fingerprint density at radius 1 is 1.33 bits per heavy atom. The maximum atomic E-state index is 12.4. The summed E-state index contributed by atoms with van der Waals surface area (Å²) in [5, 5.41) is 0. The summed E-state index contributed by atoms with van der Waals surface area (Å²) >= 11 is 0. The highest BCUT2D eigenvalue weighted by Gasteiger charge is 2.43. The number of rotatable bonds is 4. The topological polar surface area (TPSA) is 26.3 Å². The molecule has 0 aromatic carbocycles. The van der Waals surface area contributed by atoms with E-state index in [1.807, 2.05) is 13.8 Å². The van der Waals surface area contributed by atoms with Gasteiger partial charge in [-0.25, -0.2) is 0 Å². The van der Waals surface area contributed by atoms with Crippen molar-refractivity contribution in [1.82, 2.24) is 0 Å². The largest absolute Gasteiger partial charge is 0.454 e. The van der Waals surface area contributed by atoms with Gasteiger partial charge in [0.2, 0.25) is 0 Å². The van der Waals surface area contributed by atoms with Gasteiger partial charge in [0.15, 0.2) is 0 Å². The highest BCUT2D eigenvalue weighted by molar-refractivity contribution is 5.76. The molecule has 18 heavy (non-hydrogen) atoms. The molecule has 102 valence electrons. The zero-order valence-electron chi connectivity index (χ0n) is 12.1. The number of hydrogen-bond acceptors (Lipinski definition) is 2. The van der Waals surface area contributed by atoms with E-state index in [0.717, 1.165) is 32.1 Å². The molecule has 2 heteroatoms. The van der Waals surface area contributed by atoms with E-state index in [9.17, 15) is 4.79 Å². The number of ether oxygens (including phenoxy) is 1. The Kier molecular flexibility index (Phi) is 3.84. The summed E-state index contributed by atoms with van der Waals surface area (Å²) in [6.07, 6.45) is 11.1. The zero-order valence-corrected chi connectivity index (χ0v) is 12.1. The van der Waals surface area contributed by atoms with E-state index in [1.54, 1.807) is 0 Å². The summed E-state index contributed by atoms with van der Waals surface area (Å²) in [4.78, 5) is 12.4. The van der Waals surface area contributed by atoms with E-state index < -0.39 is 0 Å². The molecule has 0 saturated heterocycles. The molecule has 0 atom stereocenters. The van der Waals surface area contributed by atoms with E-state index in [1.165, 1.54) is 24.8 Å². The Morgan fingerprint density at radius 3 is 2.50 bits per heavy atom. The van der Waals surface area contributed by atoms with Gasteiger partial charge >= 0.3 is 5.97 Å². The van der Waals surface area contributed by atoms with Crippen LogP contribution >= 0.6 is 0 Å². The lowest BCUT2D eigenvalue weighted by Crippen LogP contribution is -2.39. The number of hydrogen-bond donors (Lipinski definition) is 0. The van der Waals surface area contributed by atoms with Crippen LogP contribution in [0, 0.1) is 5.41 Å². The van der Waals surface area contributed by atoms with Gasteiger partial charge in [-0.05, 0) is 70.8 Å². The molecule has 0 amide bonds. The van der Waals surface area contributed by atoms with Gasteiger partial charge in [-0.15, -0.1) is 0 Å². The Balaban J connectivity index is 2.14. The summed E-state index contributed by atoms with van der Waals surface area (Å²) in [5.41, 5.74) is 0.814. The minimum absolute atomic E-state index is 0.0142. The SMILES string of the molecule is CCC(C)(C)C(=O)OC1(C2=CCCC2)CCCC1. The van der Waals surface area contributed by atoms with Crippen molar-refractivity contribution in [1.29, 1.82) is 0 Å². The van der Waals surface area contributed by atoms with E-state index in [0.29, 0.717) is 0 Å². The first-order valence-corrected chi connectivity index (χ1v) is 7.43. The molecule has 0 bridgehead atoms. The van der Waals surface area contributed by atoms with Crippen LogP contribution in [0.5, 0.6) is 0 Å². The fraction of sp³-hybridized carbons (Fsp3) is 0.812. The highest BCUT2D eigenvalue weighted by atomic mass is 16.6. The number of esters is 1. The molecular weight excluding hydrogens is 224 g/mol. The maximum Gasteiger partial charge on any atom is 0.312 e. The van der Waals surface area contributed by atoms with Crippen molar-refractivity contribution < 1.29 is 9.53 Å². The van der Waals surface area contributed by atoms with Gasteiger partial charge in [0, 0.05) is 0 Å².